The van der Waals surface area contributed by atoms with Crippen molar-refractivity contribution < 1.29 is 14.4 Å². The van der Waals surface area contributed by atoms with E-state index in [1.807, 2.05) is 0 Å². The van der Waals surface area contributed by atoms with E-state index >= 15 is 0 Å². The maximum absolute atomic E-state index is 13.1. The fourth-order valence-corrected chi connectivity index (χ4v) is 1.47. The molecule has 0 unspecified atom stereocenters. The van der Waals surface area contributed by atoms with Crippen LogP contribution in [-0.4, -0.2) is 10.0 Å². The summed E-state index contributed by atoms with van der Waals surface area (Å²) in [4.78, 5) is 9.77. The van der Waals surface area contributed by atoms with Crippen LogP contribution in [0.3, 0.4) is 0 Å². The number of hydrogen-bond acceptors (Lipinski definition) is 4. The lowest BCUT2D eigenvalue weighted by atomic mass is 10.0. The third-order valence-electron chi connectivity index (χ3n) is 2.58. The van der Waals surface area contributed by atoms with E-state index in [1.165, 1.54) is 0 Å². The van der Waals surface area contributed by atoms with Gasteiger partial charge >= 0.3 is 0 Å². The Labute approximate surface area is 84.5 Å². The lowest BCUT2D eigenvalue weighted by Gasteiger charge is -2.11. The summed E-state index contributed by atoms with van der Waals surface area (Å²) in [5.74, 6) is -1.59. The topological polar surface area (TPSA) is 89.4 Å². The van der Waals surface area contributed by atoms with Gasteiger partial charge in [0.25, 0.3) is 5.69 Å². The minimum atomic E-state index is -1.00. The molecular weight excluding hydrogens is 203 g/mol. The Morgan fingerprint density at radius 3 is 2.60 bits per heavy atom. The molecule has 0 aromatic heterocycles. The molecule has 2 rings (SSSR count). The highest BCUT2D eigenvalue weighted by Gasteiger charge is 2.43. The molecule has 1 saturated carbocycles. The fraction of sp³-hybridized carbons (Fsp3) is 0.333. The van der Waals surface area contributed by atoms with Gasteiger partial charge in [-0.3, -0.25) is 10.1 Å². The Balaban J connectivity index is 2.58. The lowest BCUT2D eigenvalue weighted by Crippen LogP contribution is -2.19. The predicted molar refractivity (Wildman–Crippen MR) is 49.8 cm³/mol. The van der Waals surface area contributed by atoms with Crippen molar-refractivity contribution >= 4 is 5.69 Å². The molecule has 5 nitrogen and oxygen atoms in total. The second-order valence-corrected chi connectivity index (χ2v) is 3.74. The zero-order chi connectivity index (χ0) is 11.2. The summed E-state index contributed by atoms with van der Waals surface area (Å²) < 4.78 is 13.1. The molecule has 0 amide bonds. The molecule has 0 bridgehead atoms. The molecular formula is C9H9FN2O3. The van der Waals surface area contributed by atoms with Crippen molar-refractivity contribution in [1.82, 2.24) is 0 Å². The Kier molecular flexibility index (Phi) is 1.90. The van der Waals surface area contributed by atoms with Gasteiger partial charge in [0.2, 0.25) is 0 Å². The van der Waals surface area contributed by atoms with Gasteiger partial charge in [0.15, 0.2) is 11.6 Å². The molecule has 1 aromatic rings. The SMILES string of the molecule is NC1(c2cc([N+](=O)[O-])cc(F)c2O)CC1. The fourth-order valence-electron chi connectivity index (χ4n) is 1.47. The highest BCUT2D eigenvalue weighted by atomic mass is 19.1. The van der Waals surface area contributed by atoms with Crippen LogP contribution in [0.1, 0.15) is 18.4 Å². The summed E-state index contributed by atoms with van der Waals surface area (Å²) in [6.07, 6.45) is 1.20. The van der Waals surface area contributed by atoms with Gasteiger partial charge in [-0.05, 0) is 12.8 Å². The molecule has 0 radical (unpaired) electrons. The van der Waals surface area contributed by atoms with E-state index < -0.39 is 27.7 Å². The van der Waals surface area contributed by atoms with Gasteiger partial charge in [0.05, 0.1) is 11.0 Å². The molecule has 0 heterocycles. The summed E-state index contributed by atoms with van der Waals surface area (Å²) in [6, 6.07) is 1.82. The Morgan fingerprint density at radius 1 is 1.53 bits per heavy atom. The number of phenolic OH excluding ortho intramolecular Hbond substituents is 1. The number of nitrogens with zero attached hydrogens (tertiary/aromatic N) is 1. The second-order valence-electron chi connectivity index (χ2n) is 3.74. The van der Waals surface area contributed by atoms with E-state index in [9.17, 15) is 19.6 Å². The Bertz CT molecular complexity index is 443. The number of rotatable bonds is 2. The highest BCUT2D eigenvalue weighted by molar-refractivity contribution is 5.49. The van der Waals surface area contributed by atoms with Gasteiger partial charge in [-0.2, -0.15) is 0 Å². The van der Waals surface area contributed by atoms with E-state index in [2.05, 4.69) is 0 Å². The lowest BCUT2D eigenvalue weighted by molar-refractivity contribution is -0.385. The molecule has 1 aliphatic rings. The number of non-ortho nitro benzene ring substituents is 1. The summed E-state index contributed by atoms with van der Waals surface area (Å²) >= 11 is 0. The van der Waals surface area contributed by atoms with Crippen molar-refractivity contribution in [1.29, 1.82) is 0 Å². The van der Waals surface area contributed by atoms with E-state index in [1.54, 1.807) is 0 Å². The molecule has 0 spiro atoms. The standard InChI is InChI=1S/C9H9FN2O3/c10-7-4-5(12(14)15)3-6(8(7)13)9(11)1-2-9/h3-4,13H,1-2,11H2. The smallest absolute Gasteiger partial charge is 0.272 e. The van der Waals surface area contributed by atoms with Gasteiger partial charge in [-0.1, -0.05) is 0 Å². The molecule has 3 N–H and O–H groups in total. The average Bonchev–Trinajstić information content (AvgIpc) is 2.89. The predicted octanol–water partition coefficient (Wildman–Crippen LogP) is 1.39. The van der Waals surface area contributed by atoms with Crippen molar-refractivity contribution in [3.63, 3.8) is 0 Å². The van der Waals surface area contributed by atoms with E-state index in [0.717, 1.165) is 6.07 Å². The van der Waals surface area contributed by atoms with Crippen molar-refractivity contribution in [2.75, 3.05) is 0 Å². The summed E-state index contributed by atoms with van der Waals surface area (Å²) in [7, 11) is 0. The van der Waals surface area contributed by atoms with Crippen molar-refractivity contribution in [3.8, 4) is 5.75 Å². The van der Waals surface area contributed by atoms with Gasteiger partial charge in [-0.15, -0.1) is 0 Å². The Hall–Kier alpha value is -1.69. The maximum Gasteiger partial charge on any atom is 0.272 e. The van der Waals surface area contributed by atoms with Gasteiger partial charge in [0, 0.05) is 17.2 Å². The van der Waals surface area contributed by atoms with E-state index in [4.69, 9.17) is 5.73 Å². The number of benzene rings is 1. The first kappa shape index (κ1) is 9.85. The number of aromatic hydroxyl groups is 1. The van der Waals surface area contributed by atoms with Gasteiger partial charge in [0.1, 0.15) is 0 Å². The maximum atomic E-state index is 13.1. The van der Waals surface area contributed by atoms with Crippen LogP contribution in [0.25, 0.3) is 0 Å². The van der Waals surface area contributed by atoms with Crippen LogP contribution in [0.5, 0.6) is 5.75 Å². The molecule has 6 heteroatoms. The number of phenols is 1. The highest BCUT2D eigenvalue weighted by Crippen LogP contribution is 2.47. The minimum Gasteiger partial charge on any atom is -0.505 e. The van der Waals surface area contributed by atoms with Crippen LogP contribution in [0.15, 0.2) is 12.1 Å². The molecule has 1 aromatic carbocycles. The normalized spacial score (nSPS) is 17.5. The largest absolute Gasteiger partial charge is 0.505 e. The third-order valence-corrected chi connectivity index (χ3v) is 2.58. The number of nitro benzene ring substituents is 1. The zero-order valence-corrected chi connectivity index (χ0v) is 7.74. The zero-order valence-electron chi connectivity index (χ0n) is 7.74. The first-order valence-corrected chi connectivity index (χ1v) is 4.40. The summed E-state index contributed by atoms with van der Waals surface area (Å²) in [6.45, 7) is 0. The van der Waals surface area contributed by atoms with E-state index in [0.29, 0.717) is 18.9 Å². The van der Waals surface area contributed by atoms with Crippen molar-refractivity contribution in [2.24, 2.45) is 5.73 Å². The monoisotopic (exact) mass is 212 g/mol. The minimum absolute atomic E-state index is 0.120. The number of nitrogens with two attached hydrogens (primary N) is 1. The Morgan fingerprint density at radius 2 is 2.13 bits per heavy atom. The molecule has 0 saturated heterocycles. The van der Waals surface area contributed by atoms with Crippen LogP contribution >= 0.6 is 0 Å². The first-order chi connectivity index (χ1) is 6.94. The average molecular weight is 212 g/mol. The van der Waals surface area contributed by atoms with Crippen LogP contribution in [-0.2, 0) is 5.54 Å². The number of hydrogen-bond donors (Lipinski definition) is 2. The van der Waals surface area contributed by atoms with E-state index in [-0.39, 0.29) is 5.56 Å². The van der Waals surface area contributed by atoms with Crippen LogP contribution in [0.2, 0.25) is 0 Å². The second kappa shape index (κ2) is 2.90. The van der Waals surface area contributed by atoms with Crippen LogP contribution in [0.4, 0.5) is 10.1 Å². The molecule has 80 valence electrons. The van der Waals surface area contributed by atoms with Crippen LogP contribution in [0, 0.1) is 15.9 Å². The van der Waals surface area contributed by atoms with Crippen LogP contribution < -0.4 is 5.73 Å². The molecule has 1 fully saturated rings. The molecule has 0 atom stereocenters. The van der Waals surface area contributed by atoms with Gasteiger partial charge < -0.3 is 10.8 Å². The first-order valence-electron chi connectivity index (χ1n) is 4.40. The molecule has 0 aliphatic heterocycles. The molecule has 1 aliphatic carbocycles. The van der Waals surface area contributed by atoms with Crippen molar-refractivity contribution in [2.45, 2.75) is 18.4 Å². The van der Waals surface area contributed by atoms with Gasteiger partial charge in [-0.25, -0.2) is 4.39 Å². The summed E-state index contributed by atoms with van der Waals surface area (Å²) in [5, 5.41) is 19.9. The quantitative estimate of drug-likeness (QED) is 0.572. The third kappa shape index (κ3) is 1.52. The number of halogens is 1. The summed E-state index contributed by atoms with van der Waals surface area (Å²) in [5.41, 5.74) is 4.69. The molecule has 15 heavy (non-hydrogen) atoms. The number of nitro groups is 1. The van der Waals surface area contributed by atoms with Crippen molar-refractivity contribution in [3.05, 3.63) is 33.6 Å².